The van der Waals surface area contributed by atoms with Crippen molar-refractivity contribution in [1.82, 2.24) is 9.44 Å². The third-order valence-corrected chi connectivity index (χ3v) is 7.93. The summed E-state index contributed by atoms with van der Waals surface area (Å²) in [6.07, 6.45) is 5.54. The van der Waals surface area contributed by atoms with Crippen LogP contribution in [0.1, 0.15) is 37.7 Å². The van der Waals surface area contributed by atoms with Crippen LogP contribution in [0.3, 0.4) is 0 Å². The molecule has 8 heteroatoms. The van der Waals surface area contributed by atoms with E-state index in [0.717, 1.165) is 31.2 Å². The maximum Gasteiger partial charge on any atom is 0.240 e. The summed E-state index contributed by atoms with van der Waals surface area (Å²) >= 11 is 0. The fraction of sp³-hybridized carbons (Fsp3) is 0.400. The molecule has 0 aliphatic heterocycles. The van der Waals surface area contributed by atoms with Crippen LogP contribution in [-0.4, -0.2) is 29.4 Å². The monoisotopic (exact) mass is 422 g/mol. The fourth-order valence-electron chi connectivity index (χ4n) is 3.36. The van der Waals surface area contributed by atoms with Crippen LogP contribution in [0.5, 0.6) is 0 Å². The highest BCUT2D eigenvalue weighted by Crippen LogP contribution is 2.20. The van der Waals surface area contributed by atoms with Gasteiger partial charge in [0.1, 0.15) is 0 Å². The molecule has 3 rings (SSSR count). The molecule has 0 saturated heterocycles. The summed E-state index contributed by atoms with van der Waals surface area (Å²) in [4.78, 5) is 0.469. The normalized spacial score (nSPS) is 16.1. The molecule has 1 fully saturated rings. The molecule has 6 nitrogen and oxygen atoms in total. The van der Waals surface area contributed by atoms with E-state index in [9.17, 15) is 16.8 Å². The highest BCUT2D eigenvalue weighted by Gasteiger charge is 2.21. The van der Waals surface area contributed by atoms with E-state index < -0.39 is 20.0 Å². The Morgan fingerprint density at radius 2 is 1.36 bits per heavy atom. The minimum atomic E-state index is -3.53. The Morgan fingerprint density at radius 3 is 2.00 bits per heavy atom. The Morgan fingerprint density at radius 1 is 0.750 bits per heavy atom. The maximum atomic E-state index is 12.5. The number of hydrogen-bond donors (Lipinski definition) is 2. The molecule has 152 valence electrons. The Hall–Kier alpha value is -1.74. The van der Waals surface area contributed by atoms with E-state index in [0.29, 0.717) is 6.42 Å². The summed E-state index contributed by atoms with van der Waals surface area (Å²) in [7, 11) is -7.05. The summed E-state index contributed by atoms with van der Waals surface area (Å²) < 4.78 is 54.8. The van der Waals surface area contributed by atoms with E-state index >= 15 is 0 Å². The molecule has 2 aromatic carbocycles. The van der Waals surface area contributed by atoms with Gasteiger partial charge in [0.05, 0.1) is 9.79 Å². The number of hydrogen-bond acceptors (Lipinski definition) is 4. The molecular weight excluding hydrogens is 396 g/mol. The first-order valence-corrected chi connectivity index (χ1v) is 12.5. The topological polar surface area (TPSA) is 92.3 Å². The van der Waals surface area contributed by atoms with Crippen molar-refractivity contribution in [1.29, 1.82) is 0 Å². The summed E-state index contributed by atoms with van der Waals surface area (Å²) in [5.74, 6) is 0. The zero-order chi connectivity index (χ0) is 20.0. The lowest BCUT2D eigenvalue weighted by atomic mass is 9.96. The average molecular weight is 423 g/mol. The van der Waals surface area contributed by atoms with Crippen molar-refractivity contribution in [3.8, 4) is 0 Å². The molecule has 1 saturated carbocycles. The van der Waals surface area contributed by atoms with Gasteiger partial charge in [0.25, 0.3) is 0 Å². The van der Waals surface area contributed by atoms with Gasteiger partial charge in [-0.3, -0.25) is 0 Å². The predicted octanol–water partition coefficient (Wildman–Crippen LogP) is 2.82. The molecule has 0 bridgehead atoms. The molecule has 0 aromatic heterocycles. The van der Waals surface area contributed by atoms with Gasteiger partial charge in [-0.1, -0.05) is 49.6 Å². The van der Waals surface area contributed by atoms with Crippen LogP contribution < -0.4 is 9.44 Å². The number of nitrogens with one attached hydrogen (secondary N) is 2. The Labute approximate surface area is 167 Å². The van der Waals surface area contributed by atoms with E-state index in [2.05, 4.69) is 9.44 Å². The Balaban J connectivity index is 1.55. The molecule has 1 aliphatic carbocycles. The number of sulfonamides is 2. The predicted molar refractivity (Wildman–Crippen MR) is 109 cm³/mol. The first kappa shape index (κ1) is 21.0. The summed E-state index contributed by atoms with van der Waals surface area (Å²) in [6.45, 7) is 0.240. The SMILES string of the molecule is O=S(=O)(NCCc1ccc(S(=O)(=O)NC2CCCCC2)cc1)c1ccccc1. The van der Waals surface area contributed by atoms with Crippen LogP contribution in [0.25, 0.3) is 0 Å². The van der Waals surface area contributed by atoms with Crippen LogP contribution in [-0.2, 0) is 26.5 Å². The zero-order valence-corrected chi connectivity index (χ0v) is 17.3. The van der Waals surface area contributed by atoms with Gasteiger partial charge in [0.15, 0.2) is 0 Å². The van der Waals surface area contributed by atoms with Gasteiger partial charge < -0.3 is 0 Å². The third-order valence-electron chi connectivity index (χ3n) is 4.92. The van der Waals surface area contributed by atoms with Gasteiger partial charge in [-0.25, -0.2) is 26.3 Å². The quantitative estimate of drug-likeness (QED) is 0.684. The van der Waals surface area contributed by atoms with Crippen molar-refractivity contribution in [3.05, 3.63) is 60.2 Å². The Bertz CT molecular complexity index is 967. The highest BCUT2D eigenvalue weighted by atomic mass is 32.2. The molecule has 0 amide bonds. The van der Waals surface area contributed by atoms with Gasteiger partial charge in [-0.15, -0.1) is 0 Å². The largest absolute Gasteiger partial charge is 0.240 e. The highest BCUT2D eigenvalue weighted by molar-refractivity contribution is 7.89. The lowest BCUT2D eigenvalue weighted by molar-refractivity contribution is 0.412. The van der Waals surface area contributed by atoms with E-state index in [1.165, 1.54) is 6.42 Å². The maximum absolute atomic E-state index is 12.5. The number of rotatable bonds is 8. The molecule has 2 aromatic rings. The molecule has 0 unspecified atom stereocenters. The lowest BCUT2D eigenvalue weighted by Gasteiger charge is -2.22. The van der Waals surface area contributed by atoms with Crippen molar-refractivity contribution in [2.24, 2.45) is 0 Å². The van der Waals surface area contributed by atoms with Crippen LogP contribution in [0.15, 0.2) is 64.4 Å². The minimum absolute atomic E-state index is 0.0193. The summed E-state index contributed by atoms with van der Waals surface area (Å²) in [6, 6.07) is 14.8. The van der Waals surface area contributed by atoms with E-state index in [4.69, 9.17) is 0 Å². The van der Waals surface area contributed by atoms with Gasteiger partial charge in [0.2, 0.25) is 20.0 Å². The summed E-state index contributed by atoms with van der Waals surface area (Å²) in [5.41, 5.74) is 0.868. The standard InChI is InChI=1S/C20H26N2O4S2/c23-27(24,19-9-5-2-6-10-19)21-16-15-17-11-13-20(14-12-17)28(25,26)22-18-7-3-1-4-8-18/h2,5-6,9-14,18,21-22H,1,3-4,7-8,15-16H2. The molecule has 0 atom stereocenters. The fourth-order valence-corrected chi connectivity index (χ4v) is 5.71. The van der Waals surface area contributed by atoms with Gasteiger partial charge in [-0.05, 0) is 49.1 Å². The second kappa shape index (κ2) is 9.17. The summed E-state index contributed by atoms with van der Waals surface area (Å²) in [5, 5.41) is 0. The molecular formula is C20H26N2O4S2. The minimum Gasteiger partial charge on any atom is -0.211 e. The molecule has 0 radical (unpaired) electrons. The molecule has 1 aliphatic rings. The lowest BCUT2D eigenvalue weighted by Crippen LogP contribution is -2.36. The zero-order valence-electron chi connectivity index (χ0n) is 15.7. The van der Waals surface area contributed by atoms with E-state index in [-0.39, 0.29) is 22.4 Å². The average Bonchev–Trinajstić information content (AvgIpc) is 2.69. The van der Waals surface area contributed by atoms with Crippen molar-refractivity contribution in [3.63, 3.8) is 0 Å². The van der Waals surface area contributed by atoms with Crippen molar-refractivity contribution in [2.75, 3.05) is 6.54 Å². The van der Waals surface area contributed by atoms with Crippen molar-refractivity contribution < 1.29 is 16.8 Å². The Kier molecular flexibility index (Phi) is 6.87. The molecule has 0 spiro atoms. The second-order valence-electron chi connectivity index (χ2n) is 7.06. The first-order chi connectivity index (χ1) is 13.4. The second-order valence-corrected chi connectivity index (χ2v) is 10.5. The molecule has 28 heavy (non-hydrogen) atoms. The van der Waals surface area contributed by atoms with Crippen LogP contribution >= 0.6 is 0 Å². The van der Waals surface area contributed by atoms with Crippen molar-refractivity contribution in [2.45, 2.75) is 54.4 Å². The van der Waals surface area contributed by atoms with Gasteiger partial charge >= 0.3 is 0 Å². The van der Waals surface area contributed by atoms with Crippen molar-refractivity contribution >= 4 is 20.0 Å². The van der Waals surface area contributed by atoms with Gasteiger partial charge in [-0.2, -0.15) is 0 Å². The smallest absolute Gasteiger partial charge is 0.211 e. The van der Waals surface area contributed by atoms with Crippen LogP contribution in [0.2, 0.25) is 0 Å². The first-order valence-electron chi connectivity index (χ1n) is 9.53. The molecule has 0 heterocycles. The number of benzene rings is 2. The molecule has 2 N–H and O–H groups in total. The third kappa shape index (κ3) is 5.64. The van der Waals surface area contributed by atoms with Gasteiger partial charge in [0, 0.05) is 12.6 Å². The van der Waals surface area contributed by atoms with Crippen LogP contribution in [0.4, 0.5) is 0 Å². The van der Waals surface area contributed by atoms with E-state index in [1.807, 2.05) is 0 Å². The van der Waals surface area contributed by atoms with E-state index in [1.54, 1.807) is 54.6 Å². The van der Waals surface area contributed by atoms with Crippen LogP contribution in [0, 0.1) is 0 Å².